The van der Waals surface area contributed by atoms with Gasteiger partial charge in [0.15, 0.2) is 11.6 Å². The lowest BCUT2D eigenvalue weighted by molar-refractivity contribution is -0.116. The van der Waals surface area contributed by atoms with E-state index in [0.717, 1.165) is 35.7 Å². The second-order valence-corrected chi connectivity index (χ2v) is 8.26. The zero-order chi connectivity index (χ0) is 21.5. The summed E-state index contributed by atoms with van der Waals surface area (Å²) < 4.78 is 7.11. The van der Waals surface area contributed by atoms with E-state index in [1.807, 2.05) is 19.1 Å². The first-order valence-corrected chi connectivity index (χ1v) is 10.6. The van der Waals surface area contributed by atoms with E-state index in [1.165, 1.54) is 11.1 Å². The summed E-state index contributed by atoms with van der Waals surface area (Å²) in [5.74, 6) is 2.04. The van der Waals surface area contributed by atoms with E-state index in [4.69, 9.17) is 9.84 Å². The topological polar surface area (TPSA) is 85.2 Å². The minimum absolute atomic E-state index is 0.0187. The van der Waals surface area contributed by atoms with Gasteiger partial charge in [-0.1, -0.05) is 18.2 Å². The van der Waals surface area contributed by atoms with Crippen LogP contribution < -0.4 is 10.2 Å². The maximum absolute atomic E-state index is 12.6. The number of rotatable bonds is 3. The number of aryl methyl sites for hydroxylation is 3. The van der Waals surface area contributed by atoms with E-state index in [-0.39, 0.29) is 11.8 Å². The molecule has 1 amide bonds. The van der Waals surface area contributed by atoms with Crippen LogP contribution in [0.1, 0.15) is 40.3 Å². The molecule has 31 heavy (non-hydrogen) atoms. The van der Waals surface area contributed by atoms with Crippen molar-refractivity contribution in [3.05, 3.63) is 58.3 Å². The molecule has 2 aromatic heterocycles. The zero-order valence-electron chi connectivity index (χ0n) is 18.1. The molecule has 2 aliphatic heterocycles. The number of benzene rings is 1. The van der Waals surface area contributed by atoms with Gasteiger partial charge < -0.3 is 15.0 Å². The number of hydrogen-bond donors (Lipinski definition) is 1. The second kappa shape index (κ2) is 7.77. The number of fused-ring (bicyclic) bond motifs is 1. The van der Waals surface area contributed by atoms with Gasteiger partial charge in [0.1, 0.15) is 5.82 Å². The van der Waals surface area contributed by atoms with Gasteiger partial charge in [-0.2, -0.15) is 9.78 Å². The van der Waals surface area contributed by atoms with Crippen molar-refractivity contribution >= 4 is 17.5 Å². The molecule has 1 aromatic carbocycles. The van der Waals surface area contributed by atoms with Crippen LogP contribution in [0.5, 0.6) is 0 Å². The molecule has 1 saturated heterocycles. The Labute approximate surface area is 181 Å². The summed E-state index contributed by atoms with van der Waals surface area (Å²) in [6.07, 6.45) is 0.406. The Hall–Kier alpha value is -3.26. The van der Waals surface area contributed by atoms with Crippen LogP contribution in [-0.2, 0) is 9.53 Å². The number of amides is 1. The molecule has 1 fully saturated rings. The van der Waals surface area contributed by atoms with Crippen LogP contribution in [0.25, 0.3) is 5.82 Å². The highest BCUT2D eigenvalue weighted by Gasteiger charge is 2.33. The molecule has 0 bridgehead atoms. The monoisotopic (exact) mass is 418 g/mol. The van der Waals surface area contributed by atoms with Crippen LogP contribution in [0, 0.1) is 20.8 Å². The molecular formula is C23H26N6O2. The van der Waals surface area contributed by atoms with E-state index in [9.17, 15) is 4.79 Å². The van der Waals surface area contributed by atoms with Crippen molar-refractivity contribution in [3.63, 3.8) is 0 Å². The number of carbonyl (C=O) groups excluding carboxylic acids is 1. The fourth-order valence-corrected chi connectivity index (χ4v) is 4.37. The fraction of sp³-hybridized carbons (Fsp3) is 0.391. The number of nitrogens with zero attached hydrogens (tertiary/aromatic N) is 5. The average molecular weight is 419 g/mol. The minimum Gasteiger partial charge on any atom is -0.378 e. The Morgan fingerprint density at radius 3 is 2.45 bits per heavy atom. The largest absolute Gasteiger partial charge is 0.378 e. The van der Waals surface area contributed by atoms with E-state index in [1.54, 1.807) is 4.68 Å². The summed E-state index contributed by atoms with van der Waals surface area (Å²) in [7, 11) is 0. The van der Waals surface area contributed by atoms with Crippen molar-refractivity contribution in [1.82, 2.24) is 20.0 Å². The van der Waals surface area contributed by atoms with Gasteiger partial charge in [-0.05, 0) is 49.6 Å². The number of morpholine rings is 1. The fourth-order valence-electron chi connectivity index (χ4n) is 4.37. The lowest BCUT2D eigenvalue weighted by Crippen LogP contribution is -2.36. The summed E-state index contributed by atoms with van der Waals surface area (Å²) in [4.78, 5) is 14.8. The molecule has 8 heteroatoms. The van der Waals surface area contributed by atoms with Gasteiger partial charge in [0, 0.05) is 31.0 Å². The SMILES string of the molecule is Cc1ccc(C2CC(=O)Nc3c2c(C)nn3-c2ccc(N3CCOCC3)nn2)cc1C. The van der Waals surface area contributed by atoms with Crippen molar-refractivity contribution < 1.29 is 9.53 Å². The Morgan fingerprint density at radius 2 is 1.74 bits per heavy atom. The third-order valence-electron chi connectivity index (χ3n) is 6.22. The smallest absolute Gasteiger partial charge is 0.226 e. The van der Waals surface area contributed by atoms with E-state index < -0.39 is 0 Å². The molecule has 160 valence electrons. The highest BCUT2D eigenvalue weighted by molar-refractivity contribution is 5.95. The predicted octanol–water partition coefficient (Wildman–Crippen LogP) is 2.90. The molecule has 0 aliphatic carbocycles. The van der Waals surface area contributed by atoms with Gasteiger partial charge in [0.05, 0.1) is 18.9 Å². The summed E-state index contributed by atoms with van der Waals surface area (Å²) in [6.45, 7) is 9.18. The number of anilines is 2. The number of ether oxygens (including phenoxy) is 1. The molecule has 1 unspecified atom stereocenters. The number of nitrogens with one attached hydrogen (secondary N) is 1. The molecule has 4 heterocycles. The van der Waals surface area contributed by atoms with Crippen molar-refractivity contribution in [2.45, 2.75) is 33.1 Å². The molecular weight excluding hydrogens is 392 g/mol. The summed E-state index contributed by atoms with van der Waals surface area (Å²) in [5, 5.41) is 16.6. The first kappa shape index (κ1) is 19.7. The highest BCUT2D eigenvalue weighted by Crippen LogP contribution is 2.40. The molecule has 2 aliphatic rings. The van der Waals surface area contributed by atoms with E-state index in [0.29, 0.717) is 31.3 Å². The quantitative estimate of drug-likeness (QED) is 0.704. The van der Waals surface area contributed by atoms with Crippen molar-refractivity contribution in [2.75, 3.05) is 36.5 Å². The van der Waals surface area contributed by atoms with Crippen LogP contribution in [0.15, 0.2) is 30.3 Å². The molecule has 0 saturated carbocycles. The van der Waals surface area contributed by atoms with E-state index in [2.05, 4.69) is 52.5 Å². The summed E-state index contributed by atoms with van der Waals surface area (Å²) in [6, 6.07) is 10.3. The normalized spacial score (nSPS) is 18.6. The van der Waals surface area contributed by atoms with E-state index >= 15 is 0 Å². The molecule has 8 nitrogen and oxygen atoms in total. The molecule has 3 aromatic rings. The number of carbonyl (C=O) groups is 1. The lowest BCUT2D eigenvalue weighted by atomic mass is 9.84. The van der Waals surface area contributed by atoms with Crippen LogP contribution in [0.3, 0.4) is 0 Å². The summed E-state index contributed by atoms with van der Waals surface area (Å²) in [5.41, 5.74) is 5.53. The van der Waals surface area contributed by atoms with Gasteiger partial charge >= 0.3 is 0 Å². The van der Waals surface area contributed by atoms with Gasteiger partial charge in [-0.3, -0.25) is 4.79 Å². The third-order valence-corrected chi connectivity index (χ3v) is 6.22. The molecule has 1 N–H and O–H groups in total. The Bertz CT molecular complexity index is 1130. The first-order valence-electron chi connectivity index (χ1n) is 10.6. The zero-order valence-corrected chi connectivity index (χ0v) is 18.1. The second-order valence-electron chi connectivity index (χ2n) is 8.26. The van der Waals surface area contributed by atoms with Crippen LogP contribution in [0.4, 0.5) is 11.6 Å². The predicted molar refractivity (Wildman–Crippen MR) is 118 cm³/mol. The Morgan fingerprint density at radius 1 is 1.00 bits per heavy atom. The molecule has 0 radical (unpaired) electrons. The van der Waals surface area contributed by atoms with Crippen LogP contribution >= 0.6 is 0 Å². The minimum atomic E-state index is -0.0302. The van der Waals surface area contributed by atoms with Gasteiger partial charge in [0.25, 0.3) is 0 Å². The summed E-state index contributed by atoms with van der Waals surface area (Å²) >= 11 is 0. The standard InChI is InChI=1S/C23H26N6O2/c1-14-4-5-17(12-15(14)2)18-13-21(30)24-23-22(18)16(3)27-29(23)20-7-6-19(25-26-20)28-8-10-31-11-9-28/h4-7,12,18H,8-11,13H2,1-3H3,(H,24,30). The number of aromatic nitrogens is 4. The van der Waals surface area contributed by atoms with Gasteiger partial charge in [-0.15, -0.1) is 10.2 Å². The van der Waals surface area contributed by atoms with Crippen molar-refractivity contribution in [1.29, 1.82) is 0 Å². The Balaban J connectivity index is 1.52. The first-order chi connectivity index (χ1) is 15.0. The molecule has 5 rings (SSSR count). The highest BCUT2D eigenvalue weighted by atomic mass is 16.5. The maximum atomic E-state index is 12.6. The van der Waals surface area contributed by atoms with Crippen LogP contribution in [0.2, 0.25) is 0 Å². The van der Waals surface area contributed by atoms with Gasteiger partial charge in [0.2, 0.25) is 5.91 Å². The molecule has 1 atom stereocenters. The lowest BCUT2D eigenvalue weighted by Gasteiger charge is -2.27. The van der Waals surface area contributed by atoms with Gasteiger partial charge in [-0.25, -0.2) is 0 Å². The molecule has 0 spiro atoms. The van der Waals surface area contributed by atoms with Crippen molar-refractivity contribution in [2.24, 2.45) is 0 Å². The number of hydrogen-bond acceptors (Lipinski definition) is 6. The van der Waals surface area contributed by atoms with Crippen LogP contribution in [-0.4, -0.2) is 52.2 Å². The third kappa shape index (κ3) is 3.57. The maximum Gasteiger partial charge on any atom is 0.226 e. The Kier molecular flexibility index (Phi) is 4.94. The van der Waals surface area contributed by atoms with Crippen molar-refractivity contribution in [3.8, 4) is 5.82 Å². The average Bonchev–Trinajstić information content (AvgIpc) is 3.12.